The summed E-state index contributed by atoms with van der Waals surface area (Å²) >= 11 is 3.02. The molecule has 0 aliphatic rings. The van der Waals surface area contributed by atoms with Crippen LogP contribution in [0.1, 0.15) is 17.8 Å². The smallest absolute Gasteiger partial charge is 0.283 e. The molecule has 0 aliphatic carbocycles. The zero-order chi connectivity index (χ0) is 18.7. The zero-order valence-corrected chi connectivity index (χ0v) is 14.7. The number of amides is 1. The van der Waals surface area contributed by atoms with E-state index >= 15 is 0 Å². The van der Waals surface area contributed by atoms with Crippen molar-refractivity contribution in [2.45, 2.75) is 19.9 Å². The minimum Gasteiger partial charge on any atom is -0.494 e. The van der Waals surface area contributed by atoms with Crippen molar-refractivity contribution in [3.05, 3.63) is 44.2 Å². The molecule has 0 atom stereocenters. The summed E-state index contributed by atoms with van der Waals surface area (Å²) in [6.07, 6.45) is -2.77. The average molecular weight is 419 g/mol. The maximum absolute atomic E-state index is 12.8. The lowest BCUT2D eigenvalue weighted by Gasteiger charge is -2.10. The predicted molar refractivity (Wildman–Crippen MR) is 87.9 cm³/mol. The molecule has 0 saturated heterocycles. The second-order valence-electron chi connectivity index (χ2n) is 4.93. The molecule has 2 rings (SSSR count). The molecule has 1 aromatic carbocycles. The van der Waals surface area contributed by atoms with Gasteiger partial charge in [0, 0.05) is 6.07 Å². The first-order chi connectivity index (χ1) is 11.7. The summed E-state index contributed by atoms with van der Waals surface area (Å²) in [7, 11) is 1.30. The van der Waals surface area contributed by atoms with Crippen molar-refractivity contribution in [3.63, 3.8) is 0 Å². The number of anilines is 1. The first-order valence-corrected chi connectivity index (χ1v) is 7.67. The number of non-ortho nitro benzene ring substituents is 1. The largest absolute Gasteiger partial charge is 0.494 e. The maximum Gasteiger partial charge on any atom is 0.283 e. The van der Waals surface area contributed by atoms with Gasteiger partial charge < -0.3 is 10.1 Å². The summed E-state index contributed by atoms with van der Waals surface area (Å²) in [6.45, 7) is 1.24. The fraction of sp³-hybridized carbons (Fsp3) is 0.286. The highest BCUT2D eigenvalue weighted by Gasteiger charge is 2.21. The number of rotatable bonds is 6. The first-order valence-electron chi connectivity index (χ1n) is 6.87. The number of alkyl halides is 2. The lowest BCUT2D eigenvalue weighted by atomic mass is 10.2. The molecular weight excluding hydrogens is 406 g/mol. The van der Waals surface area contributed by atoms with Crippen LogP contribution in [0.5, 0.6) is 5.75 Å². The molecule has 0 fully saturated rings. The minimum atomic E-state index is -2.77. The van der Waals surface area contributed by atoms with Crippen molar-refractivity contribution in [2.75, 3.05) is 12.4 Å². The zero-order valence-electron chi connectivity index (χ0n) is 13.1. The van der Waals surface area contributed by atoms with E-state index in [1.807, 2.05) is 0 Å². The van der Waals surface area contributed by atoms with Crippen molar-refractivity contribution < 1.29 is 23.2 Å². The van der Waals surface area contributed by atoms with Crippen LogP contribution in [-0.2, 0) is 11.3 Å². The van der Waals surface area contributed by atoms with E-state index in [-0.39, 0.29) is 28.1 Å². The number of methoxy groups -OCH3 is 1. The van der Waals surface area contributed by atoms with Crippen molar-refractivity contribution in [2.24, 2.45) is 0 Å². The van der Waals surface area contributed by atoms with Crippen LogP contribution in [0.2, 0.25) is 0 Å². The summed E-state index contributed by atoms with van der Waals surface area (Å²) < 4.78 is 32.0. The van der Waals surface area contributed by atoms with Crippen LogP contribution >= 0.6 is 15.9 Å². The Morgan fingerprint density at radius 3 is 2.72 bits per heavy atom. The molecule has 25 heavy (non-hydrogen) atoms. The van der Waals surface area contributed by atoms with Crippen LogP contribution in [0, 0.1) is 17.0 Å². The third kappa shape index (κ3) is 4.10. The van der Waals surface area contributed by atoms with Gasteiger partial charge in [0.15, 0.2) is 0 Å². The lowest BCUT2D eigenvalue weighted by Crippen LogP contribution is -2.20. The van der Waals surface area contributed by atoms with Gasteiger partial charge in [-0.2, -0.15) is 5.10 Å². The van der Waals surface area contributed by atoms with Crippen LogP contribution in [0.25, 0.3) is 0 Å². The molecule has 8 nitrogen and oxygen atoms in total. The summed E-state index contributed by atoms with van der Waals surface area (Å²) in [4.78, 5) is 22.3. The number of ether oxygens (including phenoxy) is 1. The average Bonchev–Trinajstić information content (AvgIpc) is 2.83. The number of nitro groups is 1. The Labute approximate surface area is 149 Å². The molecule has 0 bridgehead atoms. The molecule has 0 radical (unpaired) electrons. The molecule has 134 valence electrons. The Bertz CT molecular complexity index is 825. The van der Waals surface area contributed by atoms with Crippen molar-refractivity contribution in [1.29, 1.82) is 0 Å². The third-order valence-corrected chi connectivity index (χ3v) is 4.31. The number of benzene rings is 1. The highest BCUT2D eigenvalue weighted by molar-refractivity contribution is 9.10. The quantitative estimate of drug-likeness (QED) is 0.571. The molecular formula is C14H13BrF2N4O4. The Balaban J connectivity index is 2.18. The van der Waals surface area contributed by atoms with Crippen LogP contribution in [0.15, 0.2) is 22.7 Å². The summed E-state index contributed by atoms with van der Waals surface area (Å²) in [6, 6.07) is 3.70. The maximum atomic E-state index is 12.8. The highest BCUT2D eigenvalue weighted by Crippen LogP contribution is 2.30. The van der Waals surface area contributed by atoms with Gasteiger partial charge in [-0.1, -0.05) is 0 Å². The Hall–Kier alpha value is -2.56. The predicted octanol–water partition coefficient (Wildman–Crippen LogP) is 3.45. The molecule has 1 aromatic heterocycles. The van der Waals surface area contributed by atoms with Gasteiger partial charge in [-0.05, 0) is 28.9 Å². The van der Waals surface area contributed by atoms with Gasteiger partial charge >= 0.3 is 0 Å². The second kappa shape index (κ2) is 7.55. The van der Waals surface area contributed by atoms with Gasteiger partial charge in [-0.25, -0.2) is 8.78 Å². The van der Waals surface area contributed by atoms with E-state index in [1.54, 1.807) is 6.92 Å². The molecule has 0 saturated carbocycles. The van der Waals surface area contributed by atoms with Crippen LogP contribution in [0.4, 0.5) is 20.2 Å². The molecule has 11 heteroatoms. The number of hydrogen-bond donors (Lipinski definition) is 1. The highest BCUT2D eigenvalue weighted by atomic mass is 79.9. The number of carbonyl (C=O) groups excluding carboxylic acids is 1. The van der Waals surface area contributed by atoms with Crippen LogP contribution in [0.3, 0.4) is 0 Å². The standard InChI is InChI=1S/C14H13BrF2N4O4/c1-7-12(15)13(14(16)17)19-20(7)6-11(22)18-9-4-3-8(21(23)24)5-10(9)25-2/h3-5,14H,6H2,1-2H3,(H,18,22). The summed E-state index contributed by atoms with van der Waals surface area (Å²) in [5.74, 6) is -0.444. The van der Waals surface area contributed by atoms with Crippen LogP contribution in [-0.4, -0.2) is 27.7 Å². The van der Waals surface area contributed by atoms with E-state index in [0.717, 1.165) is 4.68 Å². The van der Waals surface area contributed by atoms with Crippen molar-refractivity contribution in [1.82, 2.24) is 9.78 Å². The number of nitrogens with zero attached hydrogens (tertiary/aromatic N) is 3. The van der Waals surface area contributed by atoms with E-state index in [2.05, 4.69) is 26.3 Å². The second-order valence-corrected chi connectivity index (χ2v) is 5.73. The Morgan fingerprint density at radius 1 is 1.52 bits per heavy atom. The molecule has 0 unspecified atom stereocenters. The van der Waals surface area contributed by atoms with E-state index in [1.165, 1.54) is 25.3 Å². The number of hydrogen-bond acceptors (Lipinski definition) is 5. The van der Waals surface area contributed by atoms with Gasteiger partial charge in [0.1, 0.15) is 18.0 Å². The Kier molecular flexibility index (Phi) is 5.67. The number of aromatic nitrogens is 2. The van der Waals surface area contributed by atoms with Gasteiger partial charge in [0.2, 0.25) is 5.91 Å². The number of carbonyl (C=O) groups is 1. The van der Waals surface area contributed by atoms with Crippen molar-refractivity contribution >= 4 is 33.2 Å². The fourth-order valence-electron chi connectivity index (χ4n) is 2.06. The van der Waals surface area contributed by atoms with Crippen molar-refractivity contribution in [3.8, 4) is 5.75 Å². The van der Waals surface area contributed by atoms with E-state index in [9.17, 15) is 23.7 Å². The molecule has 1 heterocycles. The normalized spacial score (nSPS) is 10.8. The fourth-order valence-corrected chi connectivity index (χ4v) is 2.52. The molecule has 0 spiro atoms. The molecule has 0 aliphatic heterocycles. The molecule has 2 aromatic rings. The lowest BCUT2D eigenvalue weighted by molar-refractivity contribution is -0.384. The minimum absolute atomic E-state index is 0.106. The van der Waals surface area contributed by atoms with Gasteiger partial charge in [-0.15, -0.1) is 0 Å². The number of nitrogens with one attached hydrogen (secondary N) is 1. The number of halogens is 3. The first kappa shape index (κ1) is 18.8. The van der Waals surface area contributed by atoms with Gasteiger partial charge in [0.25, 0.3) is 12.1 Å². The monoisotopic (exact) mass is 418 g/mol. The summed E-state index contributed by atoms with van der Waals surface area (Å²) in [5, 5.41) is 17.0. The number of nitro benzene ring substituents is 1. The van der Waals surface area contributed by atoms with E-state index < -0.39 is 22.9 Å². The topological polar surface area (TPSA) is 99.3 Å². The third-order valence-electron chi connectivity index (χ3n) is 3.33. The van der Waals surface area contributed by atoms with Gasteiger partial charge in [-0.3, -0.25) is 19.6 Å². The van der Waals surface area contributed by atoms with E-state index in [0.29, 0.717) is 5.69 Å². The Morgan fingerprint density at radius 2 is 2.20 bits per heavy atom. The van der Waals surface area contributed by atoms with Crippen LogP contribution < -0.4 is 10.1 Å². The summed E-state index contributed by atoms with van der Waals surface area (Å²) in [5.41, 5.74) is -0.0429. The van der Waals surface area contributed by atoms with Gasteiger partial charge in [0.05, 0.1) is 34.0 Å². The SMILES string of the molecule is COc1cc([N+](=O)[O-])ccc1NC(=O)Cn1nc(C(F)F)c(Br)c1C. The molecule has 1 amide bonds. The molecule has 1 N–H and O–H groups in total. The van der Waals surface area contributed by atoms with E-state index in [4.69, 9.17) is 4.74 Å².